The van der Waals surface area contributed by atoms with Crippen LogP contribution in [0.5, 0.6) is 0 Å². The van der Waals surface area contributed by atoms with Crippen LogP contribution in [0.3, 0.4) is 0 Å². The Bertz CT molecular complexity index is 267. The van der Waals surface area contributed by atoms with Crippen molar-refractivity contribution in [2.45, 2.75) is 31.1 Å². The van der Waals surface area contributed by atoms with Gasteiger partial charge < -0.3 is 0 Å². The first-order valence-corrected chi connectivity index (χ1v) is 5.58. The first-order valence-electron chi connectivity index (χ1n) is 5.58. The third-order valence-corrected chi connectivity index (χ3v) is 3.10. The minimum absolute atomic E-state index is 0.403. The maximum atomic E-state index is 14.2. The molecule has 3 heteroatoms. The molecule has 2 rings (SSSR count). The van der Waals surface area contributed by atoms with Crippen LogP contribution >= 0.6 is 0 Å². The lowest BCUT2D eigenvalue weighted by Crippen LogP contribution is -2.43. The van der Waals surface area contributed by atoms with E-state index in [0.29, 0.717) is 38.9 Å². The molecule has 1 nitrogen and oxygen atoms in total. The molecule has 0 radical (unpaired) electrons. The molecule has 15 heavy (non-hydrogen) atoms. The molecular formula is C12H17F2N. The zero-order valence-electron chi connectivity index (χ0n) is 8.83. The molecule has 0 aromatic rings. The van der Waals surface area contributed by atoms with Gasteiger partial charge >= 0.3 is 0 Å². The maximum absolute atomic E-state index is 14.2. The van der Waals surface area contributed by atoms with Crippen molar-refractivity contribution in [3.8, 4) is 0 Å². The summed E-state index contributed by atoms with van der Waals surface area (Å²) in [5, 5.41) is 0. The Balaban J connectivity index is 1.86. The third kappa shape index (κ3) is 2.88. The fourth-order valence-corrected chi connectivity index (χ4v) is 2.19. The van der Waals surface area contributed by atoms with Crippen molar-refractivity contribution in [1.82, 2.24) is 4.90 Å². The second-order valence-corrected chi connectivity index (χ2v) is 4.48. The van der Waals surface area contributed by atoms with Gasteiger partial charge in [0.1, 0.15) is 11.8 Å². The zero-order chi connectivity index (χ0) is 10.7. The van der Waals surface area contributed by atoms with Crippen LogP contribution in [0.1, 0.15) is 19.3 Å². The lowest BCUT2D eigenvalue weighted by Gasteiger charge is -2.34. The lowest BCUT2D eigenvalue weighted by atomic mass is 9.95. The Morgan fingerprint density at radius 1 is 1.27 bits per heavy atom. The average molecular weight is 213 g/mol. The molecular weight excluding hydrogens is 196 g/mol. The fraction of sp³-hybridized carbons (Fsp3) is 0.667. The molecule has 0 spiro atoms. The summed E-state index contributed by atoms with van der Waals surface area (Å²) in [5.41, 5.74) is -1.24. The highest BCUT2D eigenvalue weighted by Crippen LogP contribution is 2.25. The molecule has 0 N–H and O–H groups in total. The number of alkyl halides is 2. The zero-order valence-corrected chi connectivity index (χ0v) is 8.83. The number of hydrogen-bond acceptors (Lipinski definition) is 1. The van der Waals surface area contributed by atoms with Crippen molar-refractivity contribution >= 4 is 0 Å². The monoisotopic (exact) mass is 213 g/mol. The normalized spacial score (nSPS) is 33.5. The van der Waals surface area contributed by atoms with E-state index in [2.05, 4.69) is 0 Å². The highest BCUT2D eigenvalue weighted by atomic mass is 19.1. The minimum Gasteiger partial charge on any atom is -0.300 e. The predicted octanol–water partition coefficient (Wildman–Crippen LogP) is 2.64. The Kier molecular flexibility index (Phi) is 3.19. The molecule has 0 bridgehead atoms. The van der Waals surface area contributed by atoms with Gasteiger partial charge in [-0.1, -0.05) is 18.2 Å². The molecule has 1 heterocycles. The van der Waals surface area contributed by atoms with Crippen LogP contribution in [0.2, 0.25) is 0 Å². The van der Waals surface area contributed by atoms with Gasteiger partial charge in [-0.15, -0.1) is 0 Å². The highest BCUT2D eigenvalue weighted by Gasteiger charge is 2.30. The van der Waals surface area contributed by atoms with Crippen molar-refractivity contribution < 1.29 is 8.78 Å². The number of halogens is 2. The molecule has 0 saturated carbocycles. The summed E-state index contributed by atoms with van der Waals surface area (Å²) in [7, 11) is 0. The molecule has 1 unspecified atom stereocenters. The van der Waals surface area contributed by atoms with Crippen LogP contribution in [-0.4, -0.2) is 36.4 Å². The van der Waals surface area contributed by atoms with Gasteiger partial charge in [-0.25, -0.2) is 8.78 Å². The van der Waals surface area contributed by atoms with Crippen LogP contribution < -0.4 is 0 Å². The summed E-state index contributed by atoms with van der Waals surface area (Å²) >= 11 is 0. The number of nitrogens with zero attached hydrogens (tertiary/aromatic N) is 1. The minimum atomic E-state index is -1.24. The van der Waals surface area contributed by atoms with E-state index >= 15 is 0 Å². The van der Waals surface area contributed by atoms with Crippen molar-refractivity contribution in [2.24, 2.45) is 0 Å². The summed E-state index contributed by atoms with van der Waals surface area (Å²) < 4.78 is 27.1. The molecule has 0 aromatic heterocycles. The Labute approximate surface area is 89.5 Å². The quantitative estimate of drug-likeness (QED) is 0.681. The van der Waals surface area contributed by atoms with Crippen LogP contribution in [0.15, 0.2) is 24.3 Å². The van der Waals surface area contributed by atoms with Crippen molar-refractivity contribution in [2.75, 3.05) is 19.6 Å². The van der Waals surface area contributed by atoms with Gasteiger partial charge in [0.2, 0.25) is 0 Å². The summed E-state index contributed by atoms with van der Waals surface area (Å²) in [4.78, 5) is 2.03. The molecule has 1 aliphatic heterocycles. The van der Waals surface area contributed by atoms with Gasteiger partial charge in [0.25, 0.3) is 0 Å². The standard InChI is InChI=1S/C12H17F2N/c13-11-4-8-15(9-5-11)10-12(14)6-2-1-3-7-12/h1-3,6,11H,4-5,7-10H2. The van der Waals surface area contributed by atoms with Gasteiger partial charge in [0, 0.05) is 26.1 Å². The van der Waals surface area contributed by atoms with Crippen LogP contribution in [0.25, 0.3) is 0 Å². The molecule has 1 aliphatic carbocycles. The number of hydrogen-bond donors (Lipinski definition) is 0. The number of piperidine rings is 1. The van der Waals surface area contributed by atoms with Gasteiger partial charge in [0.05, 0.1) is 0 Å². The third-order valence-electron chi connectivity index (χ3n) is 3.10. The SMILES string of the molecule is FC1CCN(CC2(F)C=CC=CC2)CC1. The van der Waals surface area contributed by atoms with Gasteiger partial charge in [-0.05, 0) is 18.9 Å². The Morgan fingerprint density at radius 3 is 2.60 bits per heavy atom. The van der Waals surface area contributed by atoms with E-state index in [1.54, 1.807) is 12.2 Å². The molecule has 0 aromatic carbocycles. The predicted molar refractivity (Wildman–Crippen MR) is 57.3 cm³/mol. The van der Waals surface area contributed by atoms with Crippen LogP contribution in [0, 0.1) is 0 Å². The summed E-state index contributed by atoms with van der Waals surface area (Å²) in [6.45, 7) is 1.77. The molecule has 1 saturated heterocycles. The second-order valence-electron chi connectivity index (χ2n) is 4.48. The van der Waals surface area contributed by atoms with E-state index in [1.165, 1.54) is 0 Å². The fourth-order valence-electron chi connectivity index (χ4n) is 2.19. The first-order chi connectivity index (χ1) is 7.18. The molecule has 1 atom stereocenters. The van der Waals surface area contributed by atoms with E-state index in [-0.39, 0.29) is 0 Å². The van der Waals surface area contributed by atoms with Gasteiger partial charge in [-0.3, -0.25) is 4.90 Å². The summed E-state index contributed by atoms with van der Waals surface area (Å²) in [5.74, 6) is 0. The van der Waals surface area contributed by atoms with Crippen molar-refractivity contribution in [3.05, 3.63) is 24.3 Å². The number of allylic oxidation sites excluding steroid dienone is 3. The van der Waals surface area contributed by atoms with E-state index in [0.717, 1.165) is 0 Å². The molecule has 2 aliphatic rings. The second kappa shape index (κ2) is 4.44. The van der Waals surface area contributed by atoms with E-state index < -0.39 is 11.8 Å². The first kappa shape index (κ1) is 10.8. The van der Waals surface area contributed by atoms with Crippen molar-refractivity contribution in [1.29, 1.82) is 0 Å². The van der Waals surface area contributed by atoms with E-state index in [4.69, 9.17) is 0 Å². The topological polar surface area (TPSA) is 3.24 Å². The maximum Gasteiger partial charge on any atom is 0.145 e. The highest BCUT2D eigenvalue weighted by molar-refractivity contribution is 5.18. The van der Waals surface area contributed by atoms with Crippen LogP contribution in [-0.2, 0) is 0 Å². The van der Waals surface area contributed by atoms with Gasteiger partial charge in [-0.2, -0.15) is 0 Å². The molecule has 84 valence electrons. The number of likely N-dealkylation sites (tertiary alicyclic amines) is 1. The van der Waals surface area contributed by atoms with Crippen LogP contribution in [0.4, 0.5) is 8.78 Å². The number of rotatable bonds is 2. The Hall–Kier alpha value is -0.700. The smallest absolute Gasteiger partial charge is 0.145 e. The summed E-state index contributed by atoms with van der Waals surface area (Å²) in [6.07, 6.45) is 7.95. The van der Waals surface area contributed by atoms with E-state index in [9.17, 15) is 8.78 Å². The molecule has 0 amide bonds. The van der Waals surface area contributed by atoms with Crippen molar-refractivity contribution in [3.63, 3.8) is 0 Å². The lowest BCUT2D eigenvalue weighted by molar-refractivity contribution is 0.0912. The van der Waals surface area contributed by atoms with E-state index in [1.807, 2.05) is 17.1 Å². The Morgan fingerprint density at radius 2 is 2.00 bits per heavy atom. The summed E-state index contributed by atoms with van der Waals surface area (Å²) in [6, 6.07) is 0. The van der Waals surface area contributed by atoms with Gasteiger partial charge in [0.15, 0.2) is 0 Å². The average Bonchev–Trinajstić information content (AvgIpc) is 2.22. The molecule has 1 fully saturated rings. The largest absolute Gasteiger partial charge is 0.300 e.